The highest BCUT2D eigenvalue weighted by Crippen LogP contribution is 2.38. The van der Waals surface area contributed by atoms with Crippen LogP contribution in [-0.2, 0) is 11.2 Å². The lowest BCUT2D eigenvalue weighted by atomic mass is 9.98. The van der Waals surface area contributed by atoms with Gasteiger partial charge in [-0.15, -0.1) is 0 Å². The van der Waals surface area contributed by atoms with Gasteiger partial charge in [0, 0.05) is 152 Å². The van der Waals surface area contributed by atoms with Crippen LogP contribution in [0, 0.1) is 0 Å². The molecule has 17 nitrogen and oxygen atoms in total. The predicted octanol–water partition coefficient (Wildman–Crippen LogP) is 27.0. The van der Waals surface area contributed by atoms with Crippen LogP contribution in [0.3, 0.4) is 0 Å². The van der Waals surface area contributed by atoms with Crippen LogP contribution in [0.5, 0.6) is 0 Å². The Hall–Kier alpha value is -11.1. The molecule has 1 aliphatic heterocycles. The predicted molar refractivity (Wildman–Crippen MR) is 515 cm³/mol. The van der Waals surface area contributed by atoms with E-state index < -0.39 is 0 Å². The first-order valence-electron chi connectivity index (χ1n) is 43.3. The number of anilines is 8. The van der Waals surface area contributed by atoms with Crippen molar-refractivity contribution >= 4 is 117 Å². The molecule has 1 amide bonds. The van der Waals surface area contributed by atoms with Crippen molar-refractivity contribution in [2.24, 2.45) is 0 Å². The summed E-state index contributed by atoms with van der Waals surface area (Å²) in [5, 5.41) is 36.8. The first-order valence-corrected chi connectivity index (χ1v) is 43.3. The molecule has 8 N–H and O–H groups in total. The molecule has 7 aromatic carbocycles. The van der Waals surface area contributed by atoms with E-state index >= 15 is 0 Å². The lowest BCUT2D eigenvalue weighted by Gasteiger charge is -2.17. The van der Waals surface area contributed by atoms with Gasteiger partial charge in [0.1, 0.15) is 12.7 Å². The maximum absolute atomic E-state index is 11.5. The van der Waals surface area contributed by atoms with Crippen LogP contribution in [0.25, 0.3) is 65.2 Å². The average molecular weight is 1600 g/mol. The van der Waals surface area contributed by atoms with Crippen LogP contribution in [-0.4, -0.2) is 88.1 Å². The topological polar surface area (TPSA) is 216 Å². The lowest BCUT2D eigenvalue weighted by Crippen LogP contribution is -2.12. The SMILES string of the molecule is CC(C)Nc1cc(C(C)C)cc2c1NC(=O)C2.CC(C)Nc1cc(C(C)C)cc2cccnc12.CC(C)Nc1cc(C(C)C)cc2ccncc12.CC(C)Nc1cc(C(C)C)cc2cnccc12.CC(C)Nc1cc(C(C)C)cc2cncnc12.CC(C)Nc1cc(C(C)C)cc2ncccc12.CC(C)Nc1cc(C(C)C)cc2ncncc12. The molecule has 0 atom stereocenters. The van der Waals surface area contributed by atoms with Crippen LogP contribution in [0.4, 0.5) is 45.5 Å². The number of rotatable bonds is 21. The minimum absolute atomic E-state index is 0.0905. The van der Waals surface area contributed by atoms with Gasteiger partial charge in [0.2, 0.25) is 5.91 Å². The first-order chi connectivity index (χ1) is 56.4. The van der Waals surface area contributed by atoms with Gasteiger partial charge in [0.15, 0.2) is 0 Å². The van der Waals surface area contributed by atoms with Crippen molar-refractivity contribution in [1.29, 1.82) is 0 Å². The number of amides is 1. The smallest absolute Gasteiger partial charge is 0.228 e. The van der Waals surface area contributed by atoms with E-state index in [0.717, 1.165) is 66.8 Å². The average Bonchev–Trinajstić information content (AvgIpc) is 1.76. The molecule has 0 spiro atoms. The number of hydrogen-bond acceptors (Lipinski definition) is 16. The maximum atomic E-state index is 11.5. The third kappa shape index (κ3) is 27.5. The van der Waals surface area contributed by atoms with E-state index in [1.54, 1.807) is 12.7 Å². The summed E-state index contributed by atoms with van der Waals surface area (Å²) in [5.74, 6) is 3.71. The largest absolute Gasteiger partial charge is 0.382 e. The number of benzene rings is 7. The Kier molecular flexibility index (Phi) is 34.6. The molecule has 7 heterocycles. The van der Waals surface area contributed by atoms with Crippen molar-refractivity contribution in [2.75, 3.05) is 42.5 Å². The minimum Gasteiger partial charge on any atom is -0.382 e. The number of nitrogens with one attached hydrogen (secondary N) is 8. The van der Waals surface area contributed by atoms with Crippen LogP contribution < -0.4 is 42.5 Å². The molecule has 119 heavy (non-hydrogen) atoms. The molecule has 0 fully saturated rings. The number of carbonyl (C=O) groups excluding carboxylic acids is 1. The highest BCUT2D eigenvalue weighted by Gasteiger charge is 2.23. The molecular formula is C102H138N16O. The number of pyridine rings is 4. The molecule has 17 heteroatoms. The highest BCUT2D eigenvalue weighted by atomic mass is 16.1. The van der Waals surface area contributed by atoms with Gasteiger partial charge in [-0.2, -0.15) is 0 Å². The molecule has 0 saturated carbocycles. The van der Waals surface area contributed by atoms with Crippen LogP contribution in [0.2, 0.25) is 0 Å². The van der Waals surface area contributed by atoms with Gasteiger partial charge in [-0.3, -0.25) is 24.7 Å². The van der Waals surface area contributed by atoms with E-state index in [1.165, 1.54) is 88.3 Å². The van der Waals surface area contributed by atoms with Gasteiger partial charge in [-0.1, -0.05) is 115 Å². The summed E-state index contributed by atoms with van der Waals surface area (Å²) in [7, 11) is 0. The summed E-state index contributed by atoms with van der Waals surface area (Å²) in [6.45, 7) is 60.9. The number of nitrogens with zero attached hydrogens (tertiary/aromatic N) is 8. The van der Waals surface area contributed by atoms with Crippen molar-refractivity contribution in [3.8, 4) is 0 Å². The number of aromatic nitrogens is 8. The van der Waals surface area contributed by atoms with Gasteiger partial charge in [0.25, 0.3) is 0 Å². The molecule has 0 unspecified atom stereocenters. The first kappa shape index (κ1) is 93.4. The maximum Gasteiger partial charge on any atom is 0.228 e. The Labute approximate surface area is 711 Å². The second-order valence-corrected chi connectivity index (χ2v) is 35.7. The van der Waals surface area contributed by atoms with E-state index in [9.17, 15) is 4.79 Å². The highest BCUT2D eigenvalue weighted by molar-refractivity contribution is 6.03. The zero-order valence-corrected chi connectivity index (χ0v) is 76.6. The summed E-state index contributed by atoms with van der Waals surface area (Å²) in [5.41, 5.74) is 23.5. The van der Waals surface area contributed by atoms with Crippen molar-refractivity contribution < 1.29 is 4.79 Å². The van der Waals surface area contributed by atoms with E-state index in [1.807, 2.05) is 61.7 Å². The quantitative estimate of drug-likeness (QED) is 0.0336. The Balaban J connectivity index is 0.000000173. The van der Waals surface area contributed by atoms with Gasteiger partial charge in [0.05, 0.1) is 51.2 Å². The third-order valence-electron chi connectivity index (χ3n) is 19.9. The molecular weight excluding hydrogens is 1470 g/mol. The summed E-state index contributed by atoms with van der Waals surface area (Å²) in [6, 6.07) is 46.1. The Morgan fingerprint density at radius 1 is 0.277 bits per heavy atom. The van der Waals surface area contributed by atoms with Crippen molar-refractivity contribution in [1.82, 2.24) is 39.9 Å². The lowest BCUT2D eigenvalue weighted by molar-refractivity contribution is -0.115. The third-order valence-corrected chi connectivity index (χ3v) is 19.9. The van der Waals surface area contributed by atoms with Crippen LogP contribution in [0.15, 0.2) is 184 Å². The van der Waals surface area contributed by atoms with E-state index in [2.05, 4.69) is 385 Å². The molecule has 0 saturated heterocycles. The fourth-order valence-electron chi connectivity index (χ4n) is 13.8. The van der Waals surface area contributed by atoms with E-state index in [0.29, 0.717) is 90.1 Å². The van der Waals surface area contributed by atoms with Gasteiger partial charge < -0.3 is 42.5 Å². The van der Waals surface area contributed by atoms with Crippen molar-refractivity contribution in [2.45, 2.75) is 284 Å². The normalized spacial score (nSPS) is 11.8. The molecule has 0 radical (unpaired) electrons. The second kappa shape index (κ2) is 44.1. The molecule has 14 rings (SSSR count). The fourth-order valence-corrected chi connectivity index (χ4v) is 13.8. The van der Waals surface area contributed by atoms with Gasteiger partial charge in [-0.25, -0.2) is 19.9 Å². The Morgan fingerprint density at radius 2 is 0.630 bits per heavy atom. The summed E-state index contributed by atoms with van der Waals surface area (Å²) in [6.07, 6.45) is 18.7. The molecule has 0 bridgehead atoms. The standard InChI is InChI=1S/4C15H20N2.2C14H19N3.C14H20N2O/c1-10(2)12-7-13-9-16-6-5-14(13)15(8-12)17-11(3)4;1-10(2)13-7-12-5-6-16-9-14(12)15(8-13)17-11(3)4;1-10(2)12-8-14-13(6-5-7-16-14)15(9-12)17-11(3)4;1-10(2)13-8-12-6-5-7-16-15(12)14(9-13)17-11(3)4;1-9(2)11-5-13-12(7-15-8-16-13)14(6-11)17-10(3)4;1-9(2)11-5-12-7-15-8-16-14(12)13(6-11)17-10(3)4;1-8(2)10-5-11-7-13(17)16-14(11)12(6-10)15-9(3)4/h4*5-11,17H,1-4H3;2*5-10,17H,1-4H3;5-6,8-9,15H,7H2,1-4H3,(H,16,17). The van der Waals surface area contributed by atoms with Crippen molar-refractivity contribution in [3.05, 3.63) is 228 Å². The second-order valence-electron chi connectivity index (χ2n) is 35.7. The van der Waals surface area contributed by atoms with Crippen LogP contribution in [0.1, 0.15) is 280 Å². The van der Waals surface area contributed by atoms with E-state index in [4.69, 9.17) is 0 Å². The summed E-state index contributed by atoms with van der Waals surface area (Å²) < 4.78 is 0. The minimum atomic E-state index is 0.0905. The van der Waals surface area contributed by atoms with Gasteiger partial charge >= 0.3 is 0 Å². The fraction of sp³-hybridized carbons (Fsp3) is 0.422. The van der Waals surface area contributed by atoms with E-state index in [-0.39, 0.29) is 5.91 Å². The monoisotopic (exact) mass is 1600 g/mol. The van der Waals surface area contributed by atoms with Crippen molar-refractivity contribution in [3.63, 3.8) is 0 Å². The zero-order chi connectivity index (χ0) is 87.1. The summed E-state index contributed by atoms with van der Waals surface area (Å²) in [4.78, 5) is 45.7. The number of carbonyl (C=O) groups is 1. The number of hydrogen-bond donors (Lipinski definition) is 8. The Morgan fingerprint density at radius 3 is 1.15 bits per heavy atom. The molecule has 632 valence electrons. The molecule has 0 aliphatic carbocycles. The Bertz CT molecular complexity index is 4670. The zero-order valence-electron chi connectivity index (χ0n) is 76.6. The van der Waals surface area contributed by atoms with Crippen LogP contribution >= 0.6 is 0 Å². The molecule has 6 aromatic heterocycles. The summed E-state index contributed by atoms with van der Waals surface area (Å²) >= 11 is 0. The molecule has 13 aromatic rings. The number of fused-ring (bicyclic) bond motifs is 7. The molecule has 1 aliphatic rings. The van der Waals surface area contributed by atoms with Gasteiger partial charge in [-0.05, 0) is 291 Å².